The number of urea groups is 1. The van der Waals surface area contributed by atoms with Crippen LogP contribution in [-0.4, -0.2) is 46.9 Å². The summed E-state index contributed by atoms with van der Waals surface area (Å²) in [5.41, 5.74) is 3.48. The smallest absolute Gasteiger partial charge is 0.322 e. The maximum absolute atomic E-state index is 13.9. The van der Waals surface area contributed by atoms with E-state index in [0.717, 1.165) is 32.5 Å². The Labute approximate surface area is 201 Å². The van der Waals surface area contributed by atoms with Gasteiger partial charge in [0, 0.05) is 13.0 Å². The molecule has 178 valence electrons. The summed E-state index contributed by atoms with van der Waals surface area (Å²) in [4.78, 5) is 30.1. The Morgan fingerprint density at radius 1 is 1.06 bits per heavy atom. The van der Waals surface area contributed by atoms with E-state index in [1.165, 1.54) is 33.7 Å². The molecular weight excluding hydrogens is 429 g/mol. The molecule has 0 saturated carbocycles. The van der Waals surface area contributed by atoms with Crippen LogP contribution in [0.3, 0.4) is 0 Å². The Balaban J connectivity index is 1.54. The van der Waals surface area contributed by atoms with Gasteiger partial charge in [-0.2, -0.15) is 0 Å². The molecule has 0 radical (unpaired) electrons. The van der Waals surface area contributed by atoms with Gasteiger partial charge in [0.25, 0.3) is 5.91 Å². The highest BCUT2D eigenvalue weighted by molar-refractivity contribution is 6.07. The second-order valence-corrected chi connectivity index (χ2v) is 9.50. The molecule has 2 saturated heterocycles. The standard InChI is InChI=1S/C28H32FN3O2/c1-4-5-13-32-26(33)28(30-27(32)34,18-22-7-6-8-25(29)17-22)24-11-14-31(15-12-24)19-23-10-9-20(2)21(3)16-23/h6-10,16-17,24H,11-15,18-19H2,1-3H3,(H,30,34)/t28-/m0/s1. The van der Waals surface area contributed by atoms with E-state index in [0.29, 0.717) is 5.56 Å². The Bertz CT molecular complexity index is 1140. The molecule has 1 atom stereocenters. The maximum atomic E-state index is 13.9. The summed E-state index contributed by atoms with van der Waals surface area (Å²) in [5, 5.41) is 3.02. The molecule has 2 aromatic carbocycles. The van der Waals surface area contributed by atoms with Gasteiger partial charge in [0.1, 0.15) is 11.4 Å². The van der Waals surface area contributed by atoms with E-state index in [1.807, 2.05) is 6.07 Å². The van der Waals surface area contributed by atoms with Gasteiger partial charge in [0.2, 0.25) is 0 Å². The molecule has 0 bridgehead atoms. The van der Waals surface area contributed by atoms with Crippen LogP contribution in [0.1, 0.15) is 42.0 Å². The molecule has 4 rings (SSSR count). The zero-order chi connectivity index (χ0) is 24.3. The van der Waals surface area contributed by atoms with Crippen LogP contribution < -0.4 is 5.32 Å². The van der Waals surface area contributed by atoms with Gasteiger partial charge in [-0.1, -0.05) is 36.3 Å². The summed E-state index contributed by atoms with van der Waals surface area (Å²) in [6, 6.07) is 12.4. The van der Waals surface area contributed by atoms with Gasteiger partial charge in [-0.25, -0.2) is 9.18 Å². The molecule has 3 amide bonds. The van der Waals surface area contributed by atoms with Crippen molar-refractivity contribution >= 4 is 11.9 Å². The van der Waals surface area contributed by atoms with Crippen molar-refractivity contribution in [2.24, 2.45) is 5.92 Å². The molecule has 2 heterocycles. The van der Waals surface area contributed by atoms with Crippen LogP contribution >= 0.6 is 0 Å². The summed E-state index contributed by atoms with van der Waals surface area (Å²) in [7, 11) is 0. The molecule has 2 fully saturated rings. The van der Waals surface area contributed by atoms with Crippen LogP contribution in [0.15, 0.2) is 42.5 Å². The Morgan fingerprint density at radius 2 is 1.82 bits per heavy atom. The molecule has 2 aliphatic heterocycles. The van der Waals surface area contributed by atoms with E-state index < -0.39 is 11.6 Å². The molecule has 6 heteroatoms. The number of hydrogen-bond acceptors (Lipinski definition) is 3. The van der Waals surface area contributed by atoms with Gasteiger partial charge >= 0.3 is 6.03 Å². The Morgan fingerprint density at radius 3 is 2.50 bits per heavy atom. The second-order valence-electron chi connectivity index (χ2n) is 9.50. The Kier molecular flexibility index (Phi) is 7.04. The number of halogens is 1. The maximum Gasteiger partial charge on any atom is 0.325 e. The van der Waals surface area contributed by atoms with Gasteiger partial charge in [-0.15, -0.1) is 5.92 Å². The molecule has 34 heavy (non-hydrogen) atoms. The number of imide groups is 1. The van der Waals surface area contributed by atoms with Crippen LogP contribution in [0.25, 0.3) is 0 Å². The zero-order valence-electron chi connectivity index (χ0n) is 20.2. The summed E-state index contributed by atoms with van der Waals surface area (Å²) in [6.45, 7) is 8.53. The summed E-state index contributed by atoms with van der Waals surface area (Å²) >= 11 is 0. The largest absolute Gasteiger partial charge is 0.325 e. The van der Waals surface area contributed by atoms with E-state index in [9.17, 15) is 14.0 Å². The minimum atomic E-state index is -1.08. The highest BCUT2D eigenvalue weighted by atomic mass is 19.1. The van der Waals surface area contributed by atoms with Gasteiger partial charge in [0.15, 0.2) is 0 Å². The van der Waals surface area contributed by atoms with Gasteiger partial charge < -0.3 is 5.32 Å². The Hall–Kier alpha value is -3.17. The minimum Gasteiger partial charge on any atom is -0.322 e. The van der Waals surface area contributed by atoms with Crippen molar-refractivity contribution in [1.82, 2.24) is 15.1 Å². The number of carbonyl (C=O) groups is 2. The number of nitrogens with zero attached hydrogens (tertiary/aromatic N) is 2. The number of aryl methyl sites for hydroxylation is 2. The van der Waals surface area contributed by atoms with Crippen LogP contribution in [0, 0.1) is 37.4 Å². The van der Waals surface area contributed by atoms with Crippen molar-refractivity contribution in [3.05, 3.63) is 70.5 Å². The van der Waals surface area contributed by atoms with Crippen molar-refractivity contribution in [2.45, 2.75) is 52.1 Å². The lowest BCUT2D eigenvalue weighted by Gasteiger charge is -2.41. The average molecular weight is 462 g/mol. The fourth-order valence-electron chi connectivity index (χ4n) is 5.20. The molecule has 0 spiro atoms. The highest BCUT2D eigenvalue weighted by Gasteiger charge is 2.55. The van der Waals surface area contributed by atoms with Crippen molar-refractivity contribution in [1.29, 1.82) is 0 Å². The molecule has 0 unspecified atom stereocenters. The first-order valence-corrected chi connectivity index (χ1v) is 11.9. The number of carbonyl (C=O) groups excluding carboxylic acids is 2. The predicted molar refractivity (Wildman–Crippen MR) is 130 cm³/mol. The van der Waals surface area contributed by atoms with Gasteiger partial charge in [-0.05, 0) is 87.0 Å². The summed E-state index contributed by atoms with van der Waals surface area (Å²) in [5.74, 6) is 4.95. The van der Waals surface area contributed by atoms with E-state index in [2.05, 4.69) is 54.1 Å². The van der Waals surface area contributed by atoms with E-state index in [1.54, 1.807) is 13.0 Å². The van der Waals surface area contributed by atoms with E-state index >= 15 is 0 Å². The molecule has 0 aliphatic carbocycles. The molecule has 1 N–H and O–H groups in total. The first-order valence-electron chi connectivity index (χ1n) is 11.9. The van der Waals surface area contributed by atoms with Gasteiger partial charge in [-0.3, -0.25) is 14.6 Å². The third-order valence-electron chi connectivity index (χ3n) is 7.25. The number of piperidine rings is 1. The highest BCUT2D eigenvalue weighted by Crippen LogP contribution is 2.37. The van der Waals surface area contributed by atoms with Crippen LogP contribution in [0.5, 0.6) is 0 Å². The van der Waals surface area contributed by atoms with Crippen molar-refractivity contribution < 1.29 is 14.0 Å². The van der Waals surface area contributed by atoms with Gasteiger partial charge in [0.05, 0.1) is 6.54 Å². The lowest BCUT2D eigenvalue weighted by atomic mass is 9.74. The zero-order valence-corrected chi connectivity index (χ0v) is 20.2. The monoisotopic (exact) mass is 461 g/mol. The molecule has 2 aromatic rings. The number of nitrogens with one attached hydrogen (secondary N) is 1. The lowest BCUT2D eigenvalue weighted by molar-refractivity contribution is -0.133. The summed E-state index contributed by atoms with van der Waals surface area (Å²) in [6.07, 6.45) is 1.83. The fraction of sp³-hybridized carbons (Fsp3) is 0.429. The van der Waals surface area contributed by atoms with E-state index in [-0.39, 0.29) is 30.6 Å². The van der Waals surface area contributed by atoms with Crippen molar-refractivity contribution in [2.75, 3.05) is 19.6 Å². The summed E-state index contributed by atoms with van der Waals surface area (Å²) < 4.78 is 13.9. The number of rotatable bonds is 6. The first kappa shape index (κ1) is 24.0. The van der Waals surface area contributed by atoms with Crippen LogP contribution in [-0.2, 0) is 17.8 Å². The topological polar surface area (TPSA) is 52.7 Å². The fourth-order valence-corrected chi connectivity index (χ4v) is 5.20. The van der Waals surface area contributed by atoms with Crippen LogP contribution in [0.4, 0.5) is 9.18 Å². The minimum absolute atomic E-state index is 0.0391. The average Bonchev–Trinajstić information content (AvgIpc) is 3.05. The molecule has 0 aromatic heterocycles. The molecule has 5 nitrogen and oxygen atoms in total. The quantitative estimate of drug-likeness (QED) is 0.518. The number of benzene rings is 2. The normalized spacial score (nSPS) is 21.4. The number of likely N-dealkylation sites (tertiary alicyclic amines) is 1. The third kappa shape index (κ3) is 4.85. The van der Waals surface area contributed by atoms with Crippen molar-refractivity contribution in [3.63, 3.8) is 0 Å². The third-order valence-corrected chi connectivity index (χ3v) is 7.25. The number of hydrogen-bond donors (Lipinski definition) is 1. The molecular formula is C28H32FN3O2. The first-order chi connectivity index (χ1) is 16.3. The van der Waals surface area contributed by atoms with Crippen LogP contribution in [0.2, 0.25) is 0 Å². The second kappa shape index (κ2) is 9.99. The predicted octanol–water partition coefficient (Wildman–Crippen LogP) is 4.21. The SMILES string of the molecule is CC#CCN1C(=O)N[C@@](Cc2cccc(F)c2)(C2CCN(Cc3ccc(C)c(C)c3)CC2)C1=O. The van der Waals surface area contributed by atoms with E-state index in [4.69, 9.17) is 0 Å². The number of amides is 3. The lowest BCUT2D eigenvalue weighted by Crippen LogP contribution is -2.57. The molecule has 2 aliphatic rings. The van der Waals surface area contributed by atoms with Crippen molar-refractivity contribution in [3.8, 4) is 11.8 Å².